The lowest BCUT2D eigenvalue weighted by molar-refractivity contribution is -0.145. The number of hydrogen-bond acceptors (Lipinski definition) is 1. The van der Waals surface area contributed by atoms with Crippen LogP contribution in [-0.2, 0) is 11.2 Å². The molecule has 3 heteroatoms. The first-order chi connectivity index (χ1) is 10.0. The topological polar surface area (TPSA) is 37.3 Å². The van der Waals surface area contributed by atoms with E-state index in [0.717, 1.165) is 43.2 Å². The van der Waals surface area contributed by atoms with E-state index in [4.69, 9.17) is 0 Å². The molecule has 0 aromatic heterocycles. The Labute approximate surface area is 126 Å². The average molecular weight is 292 g/mol. The Kier molecular flexibility index (Phi) is 5.38. The molecule has 0 radical (unpaired) electrons. The van der Waals surface area contributed by atoms with Gasteiger partial charge in [0, 0.05) is 0 Å². The molecule has 1 aliphatic carbocycles. The predicted octanol–water partition coefficient (Wildman–Crippen LogP) is 4.59. The minimum atomic E-state index is -0.672. The third-order valence-electron chi connectivity index (χ3n) is 4.89. The monoisotopic (exact) mass is 292 g/mol. The zero-order valence-corrected chi connectivity index (χ0v) is 12.9. The van der Waals surface area contributed by atoms with Gasteiger partial charge in [-0.15, -0.1) is 0 Å². The lowest BCUT2D eigenvalue weighted by atomic mass is 9.70. The van der Waals surface area contributed by atoms with E-state index in [1.807, 2.05) is 13.0 Å². The van der Waals surface area contributed by atoms with Crippen molar-refractivity contribution in [2.24, 2.45) is 17.8 Å². The molecule has 1 aromatic carbocycles. The van der Waals surface area contributed by atoms with E-state index < -0.39 is 5.97 Å². The molecule has 0 aliphatic heterocycles. The molecule has 0 amide bonds. The van der Waals surface area contributed by atoms with Crippen molar-refractivity contribution in [2.45, 2.75) is 52.4 Å². The Morgan fingerprint density at radius 3 is 2.76 bits per heavy atom. The number of carboxylic acid groups (broad SMARTS) is 1. The van der Waals surface area contributed by atoms with Crippen molar-refractivity contribution in [3.05, 3.63) is 35.1 Å². The van der Waals surface area contributed by atoms with Gasteiger partial charge >= 0.3 is 5.97 Å². The maximum Gasteiger partial charge on any atom is 0.306 e. The van der Waals surface area contributed by atoms with Crippen molar-refractivity contribution >= 4 is 5.97 Å². The number of aliphatic carboxylic acids is 1. The largest absolute Gasteiger partial charge is 0.481 e. The summed E-state index contributed by atoms with van der Waals surface area (Å²) in [5.41, 5.74) is 2.02. The fraction of sp³-hybridized carbons (Fsp3) is 0.611. The fourth-order valence-corrected chi connectivity index (χ4v) is 3.75. The van der Waals surface area contributed by atoms with Crippen LogP contribution in [0.4, 0.5) is 4.39 Å². The zero-order chi connectivity index (χ0) is 15.4. The standard InChI is InChI=1S/C18H25FO2/c1-3-4-13-5-8-17(18(20)21)15(10-13)11-14-6-7-16(19)9-12(14)2/h6-7,9,13,15,17H,3-5,8,10-11H2,1-2H3,(H,20,21). The van der Waals surface area contributed by atoms with Crippen molar-refractivity contribution in [1.82, 2.24) is 0 Å². The molecule has 1 fully saturated rings. The van der Waals surface area contributed by atoms with E-state index in [1.165, 1.54) is 18.6 Å². The van der Waals surface area contributed by atoms with Crippen molar-refractivity contribution in [1.29, 1.82) is 0 Å². The van der Waals surface area contributed by atoms with Crippen molar-refractivity contribution < 1.29 is 14.3 Å². The molecule has 0 bridgehead atoms. The van der Waals surface area contributed by atoms with Crippen molar-refractivity contribution in [3.63, 3.8) is 0 Å². The number of halogens is 1. The van der Waals surface area contributed by atoms with Crippen LogP contribution in [-0.4, -0.2) is 11.1 Å². The summed E-state index contributed by atoms with van der Waals surface area (Å²) in [6.07, 6.45) is 5.90. The van der Waals surface area contributed by atoms with E-state index in [0.29, 0.717) is 5.92 Å². The van der Waals surface area contributed by atoms with E-state index in [1.54, 1.807) is 0 Å². The van der Waals surface area contributed by atoms with E-state index in [-0.39, 0.29) is 17.7 Å². The lowest BCUT2D eigenvalue weighted by Crippen LogP contribution is -2.32. The van der Waals surface area contributed by atoms with Crippen LogP contribution < -0.4 is 0 Å². The van der Waals surface area contributed by atoms with Gasteiger partial charge in [0.25, 0.3) is 0 Å². The second-order valence-electron chi connectivity index (χ2n) is 6.45. The molecule has 116 valence electrons. The quantitative estimate of drug-likeness (QED) is 0.861. The molecule has 1 aromatic rings. The molecular formula is C18H25FO2. The van der Waals surface area contributed by atoms with Crippen LogP contribution in [0, 0.1) is 30.5 Å². The number of rotatable bonds is 5. The summed E-state index contributed by atoms with van der Waals surface area (Å²) < 4.78 is 13.2. The molecule has 1 N–H and O–H groups in total. The third-order valence-corrected chi connectivity index (χ3v) is 4.89. The van der Waals surface area contributed by atoms with Gasteiger partial charge in [-0.3, -0.25) is 4.79 Å². The summed E-state index contributed by atoms with van der Waals surface area (Å²) in [7, 11) is 0. The van der Waals surface area contributed by atoms with E-state index in [2.05, 4.69) is 6.92 Å². The molecule has 0 spiro atoms. The van der Waals surface area contributed by atoms with Gasteiger partial charge in [-0.25, -0.2) is 4.39 Å². The van der Waals surface area contributed by atoms with Crippen molar-refractivity contribution in [2.75, 3.05) is 0 Å². The van der Waals surface area contributed by atoms with E-state index in [9.17, 15) is 14.3 Å². The zero-order valence-electron chi connectivity index (χ0n) is 12.9. The minimum absolute atomic E-state index is 0.178. The molecule has 2 nitrogen and oxygen atoms in total. The Hall–Kier alpha value is -1.38. The molecule has 2 rings (SSSR count). The summed E-state index contributed by atoms with van der Waals surface area (Å²) in [5.74, 6) is -0.316. The van der Waals surface area contributed by atoms with Gasteiger partial charge in [0.05, 0.1) is 5.92 Å². The number of hydrogen-bond donors (Lipinski definition) is 1. The van der Waals surface area contributed by atoms with Crippen LogP contribution in [0.2, 0.25) is 0 Å². The first kappa shape index (κ1) is 16.0. The van der Waals surface area contributed by atoms with Gasteiger partial charge in [-0.1, -0.05) is 25.8 Å². The highest BCUT2D eigenvalue weighted by Gasteiger charge is 2.34. The molecule has 0 saturated heterocycles. The van der Waals surface area contributed by atoms with Crippen LogP contribution in [0.25, 0.3) is 0 Å². The van der Waals surface area contributed by atoms with Gasteiger partial charge in [0.1, 0.15) is 5.82 Å². The predicted molar refractivity (Wildman–Crippen MR) is 81.7 cm³/mol. The van der Waals surface area contributed by atoms with Gasteiger partial charge in [0.15, 0.2) is 0 Å². The average Bonchev–Trinajstić information content (AvgIpc) is 2.42. The van der Waals surface area contributed by atoms with E-state index >= 15 is 0 Å². The third kappa shape index (κ3) is 4.05. The highest BCUT2D eigenvalue weighted by molar-refractivity contribution is 5.70. The fourth-order valence-electron chi connectivity index (χ4n) is 3.75. The Morgan fingerprint density at radius 1 is 1.38 bits per heavy atom. The Bertz CT molecular complexity index is 498. The summed E-state index contributed by atoms with van der Waals surface area (Å²) in [5, 5.41) is 9.46. The molecule has 1 aliphatic rings. The first-order valence-electron chi connectivity index (χ1n) is 7.99. The van der Waals surface area contributed by atoms with Gasteiger partial charge in [-0.2, -0.15) is 0 Å². The Balaban J connectivity index is 2.13. The lowest BCUT2D eigenvalue weighted by Gasteiger charge is -2.34. The number of carboxylic acids is 1. The number of carbonyl (C=O) groups is 1. The summed E-state index contributed by atoms with van der Waals surface area (Å²) in [6.45, 7) is 4.09. The molecule has 21 heavy (non-hydrogen) atoms. The smallest absolute Gasteiger partial charge is 0.306 e. The molecule has 1 saturated carbocycles. The van der Waals surface area contributed by atoms with Gasteiger partial charge in [0.2, 0.25) is 0 Å². The molecule has 3 atom stereocenters. The van der Waals surface area contributed by atoms with Crippen LogP contribution in [0.3, 0.4) is 0 Å². The summed E-state index contributed by atoms with van der Waals surface area (Å²) >= 11 is 0. The SMILES string of the molecule is CCCC1CCC(C(=O)O)C(Cc2ccc(F)cc2C)C1. The molecule has 3 unspecified atom stereocenters. The maximum atomic E-state index is 13.2. The minimum Gasteiger partial charge on any atom is -0.481 e. The number of benzene rings is 1. The van der Waals surface area contributed by atoms with Gasteiger partial charge in [-0.05, 0) is 67.7 Å². The first-order valence-corrected chi connectivity index (χ1v) is 7.99. The maximum absolute atomic E-state index is 13.2. The van der Waals surface area contributed by atoms with Crippen LogP contribution in [0.1, 0.15) is 50.2 Å². The van der Waals surface area contributed by atoms with Crippen LogP contribution in [0.15, 0.2) is 18.2 Å². The summed E-state index contributed by atoms with van der Waals surface area (Å²) in [6, 6.07) is 4.83. The molecular weight excluding hydrogens is 267 g/mol. The van der Waals surface area contributed by atoms with Crippen LogP contribution >= 0.6 is 0 Å². The highest BCUT2D eigenvalue weighted by atomic mass is 19.1. The second kappa shape index (κ2) is 7.06. The Morgan fingerprint density at radius 2 is 2.14 bits per heavy atom. The highest BCUT2D eigenvalue weighted by Crippen LogP contribution is 2.38. The van der Waals surface area contributed by atoms with Crippen LogP contribution in [0.5, 0.6) is 0 Å². The van der Waals surface area contributed by atoms with Gasteiger partial charge < -0.3 is 5.11 Å². The number of aryl methyl sites for hydroxylation is 1. The molecule has 0 heterocycles. The second-order valence-corrected chi connectivity index (χ2v) is 6.45. The van der Waals surface area contributed by atoms with Crippen molar-refractivity contribution in [3.8, 4) is 0 Å². The summed E-state index contributed by atoms with van der Waals surface area (Å²) in [4.78, 5) is 11.5. The normalized spacial score (nSPS) is 25.8.